The molecule has 0 fully saturated rings. The first-order valence-electron chi connectivity index (χ1n) is 7.66. The zero-order valence-corrected chi connectivity index (χ0v) is 12.8. The van der Waals surface area contributed by atoms with Gasteiger partial charge in [-0.15, -0.1) is 0 Å². The summed E-state index contributed by atoms with van der Waals surface area (Å²) in [6.45, 7) is 0. The molecule has 24 heavy (non-hydrogen) atoms. The van der Waals surface area contributed by atoms with E-state index in [1.165, 1.54) is 0 Å². The van der Waals surface area contributed by atoms with Crippen LogP contribution in [-0.4, -0.2) is 5.78 Å². The van der Waals surface area contributed by atoms with Gasteiger partial charge in [0.2, 0.25) is 5.78 Å². The zero-order valence-electron chi connectivity index (χ0n) is 12.8. The number of carbonyl (C=O) groups is 1. The summed E-state index contributed by atoms with van der Waals surface area (Å²) in [4.78, 5) is 12.4. The molecule has 0 saturated heterocycles. The highest BCUT2D eigenvalue weighted by atomic mass is 16.5. The van der Waals surface area contributed by atoms with Crippen LogP contribution in [0.5, 0.6) is 17.2 Å². The van der Waals surface area contributed by atoms with Crippen LogP contribution in [0.25, 0.3) is 6.08 Å². The molecule has 0 saturated carbocycles. The summed E-state index contributed by atoms with van der Waals surface area (Å²) in [5.41, 5.74) is 1.44. The summed E-state index contributed by atoms with van der Waals surface area (Å²) in [5.74, 6) is 2.31. The fourth-order valence-corrected chi connectivity index (χ4v) is 2.58. The Balaban J connectivity index is 1.60. The lowest BCUT2D eigenvalue weighted by atomic mass is 10.1. The fourth-order valence-electron chi connectivity index (χ4n) is 2.58. The minimum Gasteiger partial charge on any atom is -0.457 e. The van der Waals surface area contributed by atoms with E-state index in [9.17, 15) is 4.79 Å². The molecule has 0 radical (unpaired) electrons. The second-order valence-electron chi connectivity index (χ2n) is 5.42. The third-order valence-corrected chi connectivity index (χ3v) is 3.71. The van der Waals surface area contributed by atoms with Crippen molar-refractivity contribution in [2.75, 3.05) is 0 Å². The molecule has 0 atom stereocenters. The van der Waals surface area contributed by atoms with Crippen LogP contribution in [0.4, 0.5) is 0 Å². The van der Waals surface area contributed by atoms with Crippen LogP contribution in [-0.2, 0) is 0 Å². The molecule has 0 aromatic heterocycles. The molecule has 0 amide bonds. The van der Waals surface area contributed by atoms with Crippen LogP contribution in [0.3, 0.4) is 0 Å². The molecule has 0 spiro atoms. The van der Waals surface area contributed by atoms with Crippen molar-refractivity contribution < 1.29 is 14.3 Å². The second-order valence-corrected chi connectivity index (χ2v) is 5.42. The highest BCUT2D eigenvalue weighted by Gasteiger charge is 2.26. The Morgan fingerprint density at radius 2 is 1.54 bits per heavy atom. The van der Waals surface area contributed by atoms with E-state index < -0.39 is 0 Å². The van der Waals surface area contributed by atoms with Gasteiger partial charge < -0.3 is 9.47 Å². The molecule has 3 aromatic carbocycles. The number of fused-ring (bicyclic) bond motifs is 1. The lowest BCUT2D eigenvalue weighted by Gasteiger charge is -2.06. The Bertz CT molecular complexity index is 927. The summed E-state index contributed by atoms with van der Waals surface area (Å²) in [6.07, 6.45) is 1.74. The van der Waals surface area contributed by atoms with Gasteiger partial charge in [0, 0.05) is 0 Å². The molecule has 0 aliphatic carbocycles. The molecule has 3 aromatic rings. The number of ketones is 1. The molecule has 1 aliphatic rings. The molecule has 1 aliphatic heterocycles. The van der Waals surface area contributed by atoms with Gasteiger partial charge in [-0.25, -0.2) is 0 Å². The average molecular weight is 314 g/mol. The van der Waals surface area contributed by atoms with Crippen molar-refractivity contribution in [2.24, 2.45) is 0 Å². The number of benzene rings is 3. The molecule has 0 N–H and O–H groups in total. The SMILES string of the molecule is O=C1C(=Cc2cccc(Oc3ccccc3)c2)Oc2ccccc21. The van der Waals surface area contributed by atoms with Gasteiger partial charge in [0.15, 0.2) is 5.76 Å². The maximum Gasteiger partial charge on any atom is 0.231 e. The van der Waals surface area contributed by atoms with E-state index in [-0.39, 0.29) is 5.78 Å². The Morgan fingerprint density at radius 3 is 2.38 bits per heavy atom. The maximum atomic E-state index is 12.4. The van der Waals surface area contributed by atoms with Crippen molar-refractivity contribution in [2.45, 2.75) is 0 Å². The number of rotatable bonds is 3. The van der Waals surface area contributed by atoms with Crippen molar-refractivity contribution >= 4 is 11.9 Å². The van der Waals surface area contributed by atoms with E-state index in [4.69, 9.17) is 9.47 Å². The monoisotopic (exact) mass is 314 g/mol. The Kier molecular flexibility index (Phi) is 3.60. The van der Waals surface area contributed by atoms with Crippen molar-refractivity contribution in [3.05, 3.63) is 95.7 Å². The van der Waals surface area contributed by atoms with Gasteiger partial charge in [-0.1, -0.05) is 42.5 Å². The van der Waals surface area contributed by atoms with Gasteiger partial charge >= 0.3 is 0 Å². The minimum absolute atomic E-state index is 0.0972. The van der Waals surface area contributed by atoms with Crippen molar-refractivity contribution in [3.8, 4) is 17.2 Å². The fraction of sp³-hybridized carbons (Fsp3) is 0. The van der Waals surface area contributed by atoms with Gasteiger partial charge in [0.05, 0.1) is 5.56 Å². The largest absolute Gasteiger partial charge is 0.457 e. The number of para-hydroxylation sites is 2. The second kappa shape index (κ2) is 6.05. The van der Waals surface area contributed by atoms with Gasteiger partial charge in [-0.05, 0) is 48.0 Å². The van der Waals surface area contributed by atoms with E-state index in [0.29, 0.717) is 22.8 Å². The quantitative estimate of drug-likeness (QED) is 0.631. The summed E-state index contributed by atoms with van der Waals surface area (Å²) in [7, 11) is 0. The summed E-state index contributed by atoms with van der Waals surface area (Å²) in [6, 6.07) is 24.4. The number of hydrogen-bond donors (Lipinski definition) is 0. The number of carbonyl (C=O) groups excluding carboxylic acids is 1. The van der Waals surface area contributed by atoms with Crippen LogP contribution in [0, 0.1) is 0 Å². The standard InChI is InChI=1S/C21H14O3/c22-21-18-11-4-5-12-19(18)24-20(21)14-15-7-6-10-17(13-15)23-16-8-2-1-3-9-16/h1-14H. The summed E-state index contributed by atoms with van der Waals surface area (Å²) < 4.78 is 11.5. The number of ether oxygens (including phenoxy) is 2. The first-order chi connectivity index (χ1) is 11.8. The summed E-state index contributed by atoms with van der Waals surface area (Å²) in [5, 5.41) is 0. The third-order valence-electron chi connectivity index (χ3n) is 3.71. The van der Waals surface area contributed by atoms with Crippen LogP contribution < -0.4 is 9.47 Å². The maximum absolute atomic E-state index is 12.4. The van der Waals surface area contributed by atoms with Gasteiger partial charge in [0.1, 0.15) is 17.2 Å². The van der Waals surface area contributed by atoms with Crippen molar-refractivity contribution in [1.29, 1.82) is 0 Å². The number of allylic oxidation sites excluding steroid dienone is 1. The predicted molar refractivity (Wildman–Crippen MR) is 92.3 cm³/mol. The Hall–Kier alpha value is -3.33. The number of Topliss-reactive ketones (excluding diaryl/α,β-unsaturated/α-hetero) is 1. The van der Waals surface area contributed by atoms with E-state index in [1.54, 1.807) is 18.2 Å². The predicted octanol–water partition coefficient (Wildman–Crippen LogP) is 5.10. The summed E-state index contributed by atoms with van der Waals surface area (Å²) >= 11 is 0. The highest BCUT2D eigenvalue weighted by molar-refractivity contribution is 6.14. The van der Waals surface area contributed by atoms with Crippen molar-refractivity contribution in [1.82, 2.24) is 0 Å². The lowest BCUT2D eigenvalue weighted by molar-refractivity contribution is 0.101. The zero-order chi connectivity index (χ0) is 16.4. The highest BCUT2D eigenvalue weighted by Crippen LogP contribution is 2.32. The molecule has 0 bridgehead atoms. The van der Waals surface area contributed by atoms with Crippen molar-refractivity contribution in [3.63, 3.8) is 0 Å². The molecule has 0 unspecified atom stereocenters. The molecule has 4 rings (SSSR count). The van der Waals surface area contributed by atoms with E-state index in [2.05, 4.69) is 0 Å². The minimum atomic E-state index is -0.0972. The third kappa shape index (κ3) is 2.79. The average Bonchev–Trinajstić information content (AvgIpc) is 2.92. The molecular weight excluding hydrogens is 300 g/mol. The smallest absolute Gasteiger partial charge is 0.231 e. The Labute approximate surface area is 139 Å². The molecule has 3 nitrogen and oxygen atoms in total. The molecule has 1 heterocycles. The Morgan fingerprint density at radius 1 is 0.792 bits per heavy atom. The topological polar surface area (TPSA) is 35.5 Å². The normalized spacial score (nSPS) is 14.3. The van der Waals surface area contributed by atoms with Crippen LogP contribution in [0.15, 0.2) is 84.6 Å². The van der Waals surface area contributed by atoms with E-state index in [1.807, 2.05) is 66.7 Å². The first-order valence-corrected chi connectivity index (χ1v) is 7.66. The van der Waals surface area contributed by atoms with E-state index in [0.717, 1.165) is 11.3 Å². The van der Waals surface area contributed by atoms with Gasteiger partial charge in [0.25, 0.3) is 0 Å². The van der Waals surface area contributed by atoms with E-state index >= 15 is 0 Å². The first kappa shape index (κ1) is 14.3. The lowest BCUT2D eigenvalue weighted by Crippen LogP contribution is -1.98. The number of hydrogen-bond acceptors (Lipinski definition) is 3. The molecule has 3 heteroatoms. The van der Waals surface area contributed by atoms with Gasteiger partial charge in [-0.3, -0.25) is 4.79 Å². The van der Waals surface area contributed by atoms with Gasteiger partial charge in [-0.2, -0.15) is 0 Å². The van der Waals surface area contributed by atoms with Crippen LogP contribution in [0.2, 0.25) is 0 Å². The molecule has 116 valence electrons. The molecular formula is C21H14O3. The van der Waals surface area contributed by atoms with Crippen LogP contribution in [0.1, 0.15) is 15.9 Å². The van der Waals surface area contributed by atoms with Crippen LogP contribution >= 0.6 is 0 Å².